The van der Waals surface area contributed by atoms with Gasteiger partial charge in [0.2, 0.25) is 0 Å². The molecular weight excluding hydrogens is 168 g/mol. The van der Waals surface area contributed by atoms with E-state index in [1.807, 2.05) is 18.2 Å². The SMILES string of the molecule is COC(=O)C(NN)c1ccccc1. The van der Waals surface area contributed by atoms with Gasteiger partial charge in [-0.3, -0.25) is 5.84 Å². The number of carbonyl (C=O) groups excluding carboxylic acids is 1. The van der Waals surface area contributed by atoms with Gasteiger partial charge in [-0.1, -0.05) is 30.3 Å². The van der Waals surface area contributed by atoms with Gasteiger partial charge in [-0.25, -0.2) is 10.2 Å². The Kier molecular flexibility index (Phi) is 3.42. The van der Waals surface area contributed by atoms with Crippen molar-refractivity contribution in [2.45, 2.75) is 6.04 Å². The Balaban J connectivity index is 2.85. The largest absolute Gasteiger partial charge is 0.468 e. The zero-order valence-electron chi connectivity index (χ0n) is 7.36. The lowest BCUT2D eigenvalue weighted by atomic mass is 10.1. The average Bonchev–Trinajstić information content (AvgIpc) is 2.20. The standard InChI is InChI=1S/C9H12N2O2/c1-13-9(12)8(11-10)7-5-3-2-4-6-7/h2-6,8,11H,10H2,1H3. The first-order chi connectivity index (χ1) is 6.29. The lowest BCUT2D eigenvalue weighted by Crippen LogP contribution is -2.34. The van der Waals surface area contributed by atoms with Crippen LogP contribution in [0.25, 0.3) is 0 Å². The second kappa shape index (κ2) is 4.59. The van der Waals surface area contributed by atoms with Crippen molar-refractivity contribution in [3.63, 3.8) is 0 Å². The van der Waals surface area contributed by atoms with Gasteiger partial charge in [-0.15, -0.1) is 0 Å². The highest BCUT2D eigenvalue weighted by atomic mass is 16.5. The molecular formula is C9H12N2O2. The maximum Gasteiger partial charge on any atom is 0.328 e. The van der Waals surface area contributed by atoms with Crippen LogP contribution in [0.2, 0.25) is 0 Å². The first kappa shape index (κ1) is 9.70. The van der Waals surface area contributed by atoms with Crippen molar-refractivity contribution in [1.82, 2.24) is 5.43 Å². The van der Waals surface area contributed by atoms with Crippen molar-refractivity contribution in [3.8, 4) is 0 Å². The third-order valence-corrected chi connectivity index (χ3v) is 1.74. The van der Waals surface area contributed by atoms with E-state index in [2.05, 4.69) is 10.2 Å². The normalized spacial score (nSPS) is 12.2. The summed E-state index contributed by atoms with van der Waals surface area (Å²) in [6, 6.07) is 8.56. The van der Waals surface area contributed by atoms with Crippen molar-refractivity contribution in [1.29, 1.82) is 0 Å². The summed E-state index contributed by atoms with van der Waals surface area (Å²) in [6.45, 7) is 0. The number of nitrogens with one attached hydrogen (secondary N) is 1. The first-order valence-corrected chi connectivity index (χ1v) is 3.88. The van der Waals surface area contributed by atoms with Crippen molar-refractivity contribution in [2.24, 2.45) is 5.84 Å². The highest BCUT2D eigenvalue weighted by Gasteiger charge is 2.18. The van der Waals surface area contributed by atoms with E-state index in [1.54, 1.807) is 12.1 Å². The summed E-state index contributed by atoms with van der Waals surface area (Å²) in [6.07, 6.45) is 0. The zero-order valence-corrected chi connectivity index (χ0v) is 7.36. The van der Waals surface area contributed by atoms with Crippen LogP contribution in [0.4, 0.5) is 0 Å². The summed E-state index contributed by atoms with van der Waals surface area (Å²) in [4.78, 5) is 11.2. The second-order valence-corrected chi connectivity index (χ2v) is 2.53. The van der Waals surface area contributed by atoms with Crippen molar-refractivity contribution >= 4 is 5.97 Å². The van der Waals surface area contributed by atoms with Crippen molar-refractivity contribution < 1.29 is 9.53 Å². The predicted octanol–water partition coefficient (Wildman–Crippen LogP) is 0.364. The lowest BCUT2D eigenvalue weighted by Gasteiger charge is -2.12. The number of hydrogen-bond acceptors (Lipinski definition) is 4. The van der Waals surface area contributed by atoms with Crippen LogP contribution in [-0.4, -0.2) is 13.1 Å². The van der Waals surface area contributed by atoms with Gasteiger partial charge in [0, 0.05) is 0 Å². The molecule has 0 heterocycles. The number of hydrogen-bond donors (Lipinski definition) is 2. The molecule has 1 aromatic rings. The fourth-order valence-electron chi connectivity index (χ4n) is 1.06. The Morgan fingerprint density at radius 3 is 2.54 bits per heavy atom. The van der Waals surface area contributed by atoms with Crippen LogP contribution in [-0.2, 0) is 9.53 Å². The molecule has 0 saturated heterocycles. The van der Waals surface area contributed by atoms with Crippen LogP contribution in [0.3, 0.4) is 0 Å². The summed E-state index contributed by atoms with van der Waals surface area (Å²) in [7, 11) is 1.33. The van der Waals surface area contributed by atoms with Gasteiger partial charge in [-0.2, -0.15) is 0 Å². The monoisotopic (exact) mass is 180 g/mol. The quantitative estimate of drug-likeness (QED) is 0.400. The molecule has 0 bridgehead atoms. The fourth-order valence-corrected chi connectivity index (χ4v) is 1.06. The minimum Gasteiger partial charge on any atom is -0.468 e. The third kappa shape index (κ3) is 2.27. The van der Waals surface area contributed by atoms with Gasteiger partial charge in [0.05, 0.1) is 7.11 Å². The third-order valence-electron chi connectivity index (χ3n) is 1.74. The minimum absolute atomic E-state index is 0.395. The number of rotatable bonds is 3. The summed E-state index contributed by atoms with van der Waals surface area (Å²) in [5.41, 5.74) is 3.18. The summed E-state index contributed by atoms with van der Waals surface area (Å²) in [5.74, 6) is 4.84. The van der Waals surface area contributed by atoms with Gasteiger partial charge in [0.15, 0.2) is 0 Å². The van der Waals surface area contributed by atoms with Crippen LogP contribution in [0.1, 0.15) is 11.6 Å². The van der Waals surface area contributed by atoms with Crippen molar-refractivity contribution in [3.05, 3.63) is 35.9 Å². The zero-order chi connectivity index (χ0) is 9.68. The van der Waals surface area contributed by atoms with Gasteiger partial charge in [0.1, 0.15) is 6.04 Å². The molecule has 0 radical (unpaired) electrons. The molecule has 4 heteroatoms. The van der Waals surface area contributed by atoms with Crippen LogP contribution in [0.5, 0.6) is 0 Å². The molecule has 0 fully saturated rings. The Labute approximate surface area is 76.7 Å². The van der Waals surface area contributed by atoms with E-state index in [0.29, 0.717) is 0 Å². The Morgan fingerprint density at radius 1 is 1.46 bits per heavy atom. The van der Waals surface area contributed by atoms with Gasteiger partial charge in [0.25, 0.3) is 0 Å². The van der Waals surface area contributed by atoms with E-state index in [1.165, 1.54) is 7.11 Å². The molecule has 3 N–H and O–H groups in total. The molecule has 0 aliphatic carbocycles. The minimum atomic E-state index is -0.591. The summed E-state index contributed by atoms with van der Waals surface area (Å²) >= 11 is 0. The van der Waals surface area contributed by atoms with Gasteiger partial charge in [-0.05, 0) is 5.56 Å². The van der Waals surface area contributed by atoms with Gasteiger partial charge >= 0.3 is 5.97 Å². The van der Waals surface area contributed by atoms with Crippen LogP contribution in [0, 0.1) is 0 Å². The van der Waals surface area contributed by atoms with E-state index in [9.17, 15) is 4.79 Å². The molecule has 13 heavy (non-hydrogen) atoms. The summed E-state index contributed by atoms with van der Waals surface area (Å²) in [5, 5.41) is 0. The number of ether oxygens (including phenoxy) is 1. The topological polar surface area (TPSA) is 64.3 Å². The molecule has 1 rings (SSSR count). The number of carbonyl (C=O) groups is 1. The van der Waals surface area contributed by atoms with E-state index in [4.69, 9.17) is 5.84 Å². The fraction of sp³-hybridized carbons (Fsp3) is 0.222. The van der Waals surface area contributed by atoms with Gasteiger partial charge < -0.3 is 4.74 Å². The average molecular weight is 180 g/mol. The lowest BCUT2D eigenvalue weighted by molar-refractivity contribution is -0.143. The van der Waals surface area contributed by atoms with E-state index < -0.39 is 12.0 Å². The smallest absolute Gasteiger partial charge is 0.328 e. The van der Waals surface area contributed by atoms with Crippen LogP contribution in [0.15, 0.2) is 30.3 Å². The summed E-state index contributed by atoms with van der Waals surface area (Å²) < 4.78 is 4.58. The first-order valence-electron chi connectivity index (χ1n) is 3.88. The molecule has 1 atom stereocenters. The Bertz CT molecular complexity index is 274. The number of methoxy groups -OCH3 is 1. The molecule has 0 aliphatic rings. The molecule has 1 unspecified atom stereocenters. The van der Waals surface area contributed by atoms with Crippen LogP contribution < -0.4 is 11.3 Å². The number of hydrazine groups is 1. The molecule has 0 aromatic heterocycles. The predicted molar refractivity (Wildman–Crippen MR) is 48.5 cm³/mol. The number of benzene rings is 1. The molecule has 4 nitrogen and oxygen atoms in total. The Hall–Kier alpha value is -1.39. The highest BCUT2D eigenvalue weighted by molar-refractivity contribution is 5.77. The maximum atomic E-state index is 11.2. The van der Waals surface area contributed by atoms with Crippen molar-refractivity contribution in [2.75, 3.05) is 7.11 Å². The second-order valence-electron chi connectivity index (χ2n) is 2.53. The molecule has 70 valence electrons. The molecule has 1 aromatic carbocycles. The molecule has 0 saturated carbocycles. The Morgan fingerprint density at radius 2 is 2.08 bits per heavy atom. The highest BCUT2D eigenvalue weighted by Crippen LogP contribution is 2.12. The van der Waals surface area contributed by atoms with E-state index in [-0.39, 0.29) is 0 Å². The molecule has 0 amide bonds. The van der Waals surface area contributed by atoms with Crippen LogP contribution >= 0.6 is 0 Å². The number of nitrogens with two attached hydrogens (primary N) is 1. The molecule has 0 aliphatic heterocycles. The van der Waals surface area contributed by atoms with E-state index in [0.717, 1.165) is 5.56 Å². The number of esters is 1. The molecule has 0 spiro atoms. The maximum absolute atomic E-state index is 11.2. The van der Waals surface area contributed by atoms with E-state index >= 15 is 0 Å².